The SMILES string of the molecule is C=C1C(=CC=C2CCCC3(C)C2CCC3C(C)C=CC(C)C(C)C)CC(O[Si](C)(C)C(C)(C)C)CC1O. The van der Waals surface area contributed by atoms with Crippen molar-refractivity contribution in [1.29, 1.82) is 0 Å². The first-order valence-corrected chi connectivity index (χ1v) is 18.1. The van der Waals surface area contributed by atoms with Crippen LogP contribution in [0.4, 0.5) is 0 Å². The van der Waals surface area contributed by atoms with Gasteiger partial charge in [-0.3, -0.25) is 0 Å². The first-order valence-electron chi connectivity index (χ1n) is 15.2. The maximum Gasteiger partial charge on any atom is 0.192 e. The van der Waals surface area contributed by atoms with Crippen molar-refractivity contribution in [3.05, 3.63) is 47.6 Å². The standard InChI is InChI=1S/C34H58O2Si/c1-23(2)24(3)14-15-25(4)30-18-19-31-27(13-12-20-34(30,31)9)16-17-28-21-29(22-32(35)26(28)5)36-37(10,11)33(6,7)8/h14-17,23-25,29-32,35H,5,12-13,18-22H2,1-4,6-11H3. The Kier molecular flexibility index (Phi) is 9.67. The molecule has 0 spiro atoms. The van der Waals surface area contributed by atoms with Gasteiger partial charge >= 0.3 is 0 Å². The maximum atomic E-state index is 10.8. The Morgan fingerprint density at radius 1 is 1.08 bits per heavy atom. The van der Waals surface area contributed by atoms with Crippen LogP contribution < -0.4 is 0 Å². The van der Waals surface area contributed by atoms with E-state index in [-0.39, 0.29) is 11.1 Å². The summed E-state index contributed by atoms with van der Waals surface area (Å²) < 4.78 is 6.73. The van der Waals surface area contributed by atoms with E-state index in [0.717, 1.165) is 17.9 Å². The second-order valence-corrected chi connectivity index (χ2v) is 19.6. The molecule has 7 unspecified atom stereocenters. The zero-order valence-corrected chi connectivity index (χ0v) is 26.9. The van der Waals surface area contributed by atoms with Gasteiger partial charge in [-0.2, -0.15) is 0 Å². The van der Waals surface area contributed by atoms with E-state index in [1.54, 1.807) is 5.57 Å². The predicted octanol–water partition coefficient (Wildman–Crippen LogP) is 9.64. The van der Waals surface area contributed by atoms with Crippen LogP contribution in [0.15, 0.2) is 47.6 Å². The summed E-state index contributed by atoms with van der Waals surface area (Å²) in [5, 5.41) is 11.0. The number of rotatable bonds is 7. The molecule has 3 aliphatic rings. The number of aliphatic hydroxyl groups excluding tert-OH is 1. The summed E-state index contributed by atoms with van der Waals surface area (Å²) in [6.45, 7) is 27.8. The van der Waals surface area contributed by atoms with Crippen LogP contribution in [-0.4, -0.2) is 25.6 Å². The van der Waals surface area contributed by atoms with Crippen molar-refractivity contribution >= 4 is 8.32 Å². The van der Waals surface area contributed by atoms with E-state index in [1.165, 1.54) is 37.7 Å². The molecule has 0 aromatic carbocycles. The third-order valence-corrected chi connectivity index (χ3v) is 15.5. The number of aliphatic hydroxyl groups is 1. The first kappa shape index (κ1) is 30.6. The summed E-state index contributed by atoms with van der Waals surface area (Å²) in [6.07, 6.45) is 17.3. The van der Waals surface area contributed by atoms with Crippen molar-refractivity contribution in [1.82, 2.24) is 0 Å². The maximum absolute atomic E-state index is 10.8. The van der Waals surface area contributed by atoms with E-state index in [9.17, 15) is 5.11 Å². The minimum Gasteiger partial charge on any atom is -0.413 e. The quantitative estimate of drug-likeness (QED) is 0.264. The fourth-order valence-corrected chi connectivity index (χ4v) is 8.35. The molecular formula is C34H58O2Si. The molecule has 3 fully saturated rings. The molecule has 210 valence electrons. The Labute approximate surface area is 230 Å². The highest BCUT2D eigenvalue weighted by molar-refractivity contribution is 6.74. The fraction of sp³-hybridized carbons (Fsp3) is 0.765. The second-order valence-electron chi connectivity index (χ2n) is 14.9. The van der Waals surface area contributed by atoms with Gasteiger partial charge in [0.15, 0.2) is 8.32 Å². The Hall–Kier alpha value is -0.903. The summed E-state index contributed by atoms with van der Waals surface area (Å²) >= 11 is 0. The van der Waals surface area contributed by atoms with Gasteiger partial charge in [0.2, 0.25) is 0 Å². The van der Waals surface area contributed by atoms with Crippen molar-refractivity contribution in [2.45, 2.75) is 131 Å². The molecule has 2 nitrogen and oxygen atoms in total. The molecule has 0 radical (unpaired) electrons. The summed E-state index contributed by atoms with van der Waals surface area (Å²) in [5.74, 6) is 3.42. The van der Waals surface area contributed by atoms with E-state index in [0.29, 0.717) is 35.5 Å². The van der Waals surface area contributed by atoms with E-state index < -0.39 is 14.4 Å². The second kappa shape index (κ2) is 11.7. The Balaban J connectivity index is 1.77. The van der Waals surface area contributed by atoms with Gasteiger partial charge in [-0.15, -0.1) is 0 Å². The highest BCUT2D eigenvalue weighted by Gasteiger charge is 2.50. The summed E-state index contributed by atoms with van der Waals surface area (Å²) in [5.41, 5.74) is 4.11. The predicted molar refractivity (Wildman–Crippen MR) is 163 cm³/mol. The molecule has 7 atom stereocenters. The molecule has 0 aromatic rings. The average molecular weight is 527 g/mol. The van der Waals surface area contributed by atoms with Gasteiger partial charge in [0.25, 0.3) is 0 Å². The smallest absolute Gasteiger partial charge is 0.192 e. The van der Waals surface area contributed by atoms with E-state index >= 15 is 0 Å². The van der Waals surface area contributed by atoms with Gasteiger partial charge in [0.1, 0.15) is 0 Å². The van der Waals surface area contributed by atoms with Crippen molar-refractivity contribution in [2.75, 3.05) is 0 Å². The summed E-state index contributed by atoms with van der Waals surface area (Å²) in [6, 6.07) is 0. The van der Waals surface area contributed by atoms with Crippen LogP contribution in [0.3, 0.4) is 0 Å². The molecular weight excluding hydrogens is 468 g/mol. The lowest BCUT2D eigenvalue weighted by Gasteiger charge is -2.44. The normalized spacial score (nSPS) is 35.5. The zero-order valence-electron chi connectivity index (χ0n) is 25.9. The molecule has 3 rings (SSSR count). The summed E-state index contributed by atoms with van der Waals surface area (Å²) in [4.78, 5) is 0. The van der Waals surface area contributed by atoms with Crippen LogP contribution in [0.1, 0.15) is 100 Å². The van der Waals surface area contributed by atoms with Gasteiger partial charge in [0.05, 0.1) is 12.2 Å². The molecule has 1 N–H and O–H groups in total. The van der Waals surface area contributed by atoms with E-state index in [1.807, 2.05) is 0 Å². The van der Waals surface area contributed by atoms with Gasteiger partial charge in [-0.25, -0.2) is 0 Å². The lowest BCUT2D eigenvalue weighted by atomic mass is 9.61. The van der Waals surface area contributed by atoms with Gasteiger partial charge in [-0.1, -0.05) is 91.8 Å². The van der Waals surface area contributed by atoms with E-state index in [2.05, 4.69) is 99.4 Å². The van der Waals surface area contributed by atoms with Crippen molar-refractivity contribution in [2.24, 2.45) is 35.0 Å². The highest BCUT2D eigenvalue weighted by atomic mass is 28.4. The lowest BCUT2D eigenvalue weighted by molar-refractivity contribution is 0.0924. The Morgan fingerprint density at radius 3 is 2.38 bits per heavy atom. The third-order valence-electron chi connectivity index (χ3n) is 11.0. The molecule has 0 aliphatic heterocycles. The molecule has 0 saturated heterocycles. The Morgan fingerprint density at radius 2 is 1.76 bits per heavy atom. The molecule has 3 aliphatic carbocycles. The molecule has 0 amide bonds. The van der Waals surface area contributed by atoms with Crippen LogP contribution in [-0.2, 0) is 4.43 Å². The Bertz CT molecular complexity index is 901. The third kappa shape index (κ3) is 6.82. The topological polar surface area (TPSA) is 29.5 Å². The number of allylic oxidation sites excluding steroid dienone is 5. The van der Waals surface area contributed by atoms with Crippen LogP contribution >= 0.6 is 0 Å². The molecule has 37 heavy (non-hydrogen) atoms. The molecule has 0 bridgehead atoms. The van der Waals surface area contributed by atoms with Crippen molar-refractivity contribution in [3.63, 3.8) is 0 Å². The minimum absolute atomic E-state index is 0.0828. The van der Waals surface area contributed by atoms with Crippen LogP contribution in [0.25, 0.3) is 0 Å². The molecule has 3 heteroatoms. The lowest BCUT2D eigenvalue weighted by Crippen LogP contribution is -2.46. The average Bonchev–Trinajstić information content (AvgIpc) is 3.15. The number of fused-ring (bicyclic) bond motifs is 1. The van der Waals surface area contributed by atoms with Gasteiger partial charge < -0.3 is 9.53 Å². The van der Waals surface area contributed by atoms with Crippen LogP contribution in [0.2, 0.25) is 18.1 Å². The molecule has 3 saturated carbocycles. The van der Waals surface area contributed by atoms with Gasteiger partial charge in [-0.05, 0) is 103 Å². The van der Waals surface area contributed by atoms with E-state index in [4.69, 9.17) is 4.43 Å². The van der Waals surface area contributed by atoms with Crippen molar-refractivity contribution in [3.8, 4) is 0 Å². The number of hydrogen-bond acceptors (Lipinski definition) is 2. The highest BCUT2D eigenvalue weighted by Crippen LogP contribution is 2.59. The molecule has 0 aromatic heterocycles. The molecule has 0 heterocycles. The number of hydrogen-bond donors (Lipinski definition) is 1. The zero-order chi connectivity index (χ0) is 27.8. The first-order chi connectivity index (χ1) is 17.1. The van der Waals surface area contributed by atoms with Crippen molar-refractivity contribution < 1.29 is 9.53 Å². The van der Waals surface area contributed by atoms with Gasteiger partial charge in [0, 0.05) is 6.42 Å². The largest absolute Gasteiger partial charge is 0.413 e. The fourth-order valence-electron chi connectivity index (χ4n) is 6.98. The van der Waals surface area contributed by atoms with Crippen LogP contribution in [0.5, 0.6) is 0 Å². The minimum atomic E-state index is -1.88. The summed E-state index contributed by atoms with van der Waals surface area (Å²) in [7, 11) is -1.88. The monoisotopic (exact) mass is 526 g/mol. The van der Waals surface area contributed by atoms with Crippen LogP contribution in [0, 0.1) is 35.0 Å².